The highest BCUT2D eigenvalue weighted by atomic mass is 32.2. The van der Waals surface area contributed by atoms with Crippen molar-refractivity contribution >= 4 is 49.1 Å². The van der Waals surface area contributed by atoms with Crippen molar-refractivity contribution in [1.82, 2.24) is 19.7 Å². The number of anilines is 2. The number of hydrogen-bond donors (Lipinski definition) is 1. The first kappa shape index (κ1) is 21.9. The lowest BCUT2D eigenvalue weighted by molar-refractivity contribution is 0.102. The minimum Gasteiger partial charge on any atom is -0.298 e. The van der Waals surface area contributed by atoms with Crippen LogP contribution in [0.1, 0.15) is 30.2 Å². The Labute approximate surface area is 189 Å². The number of amides is 1. The van der Waals surface area contributed by atoms with E-state index in [0.29, 0.717) is 22.1 Å². The molecule has 0 radical (unpaired) electrons. The molecule has 32 heavy (non-hydrogen) atoms. The van der Waals surface area contributed by atoms with Crippen LogP contribution in [0, 0.1) is 0 Å². The Kier molecular flexibility index (Phi) is 5.70. The van der Waals surface area contributed by atoms with Crippen LogP contribution < -0.4 is 9.62 Å². The van der Waals surface area contributed by atoms with Gasteiger partial charge in [0, 0.05) is 35.6 Å². The number of carbonyl (C=O) groups excluding carboxylic acids is 1. The van der Waals surface area contributed by atoms with E-state index in [1.165, 1.54) is 28.9 Å². The molecular weight excluding hydrogens is 448 g/mol. The van der Waals surface area contributed by atoms with Gasteiger partial charge in [-0.15, -0.1) is 11.3 Å². The predicted octanol–water partition coefficient (Wildman–Crippen LogP) is 3.78. The number of fused-ring (bicyclic) bond motifs is 1. The molecule has 0 saturated carbocycles. The monoisotopic (exact) mass is 470 g/mol. The Morgan fingerprint density at radius 2 is 1.91 bits per heavy atom. The van der Waals surface area contributed by atoms with Crippen LogP contribution >= 0.6 is 11.3 Å². The minimum atomic E-state index is -3.32. The fraction of sp³-hybridized carbons (Fsp3) is 0.238. The predicted molar refractivity (Wildman–Crippen MR) is 127 cm³/mol. The lowest BCUT2D eigenvalue weighted by Gasteiger charge is -2.16. The van der Waals surface area contributed by atoms with Gasteiger partial charge in [-0.25, -0.2) is 23.1 Å². The van der Waals surface area contributed by atoms with E-state index in [0.717, 1.165) is 22.9 Å². The second-order valence-corrected chi connectivity index (χ2v) is 10.5. The van der Waals surface area contributed by atoms with Crippen molar-refractivity contribution in [2.24, 2.45) is 0 Å². The molecule has 4 aromatic rings. The van der Waals surface area contributed by atoms with Crippen molar-refractivity contribution in [2.45, 2.75) is 19.9 Å². The van der Waals surface area contributed by atoms with Gasteiger partial charge in [-0.2, -0.15) is 5.10 Å². The lowest BCUT2D eigenvalue weighted by atomic mass is 10.1. The maximum absolute atomic E-state index is 12.7. The molecule has 3 aromatic heterocycles. The SMILES string of the molecule is CC(C)n1ncc2cc(C(=O)Nc3nc(-c4ccc(N(C)S(C)(=O)=O)cc4)cs3)cnc21. The van der Waals surface area contributed by atoms with E-state index in [4.69, 9.17) is 0 Å². The van der Waals surface area contributed by atoms with Crippen molar-refractivity contribution in [2.75, 3.05) is 22.9 Å². The number of thiazole rings is 1. The van der Waals surface area contributed by atoms with E-state index >= 15 is 0 Å². The van der Waals surface area contributed by atoms with Crippen LogP contribution in [0.4, 0.5) is 10.8 Å². The van der Waals surface area contributed by atoms with Crippen LogP contribution in [0.3, 0.4) is 0 Å². The largest absolute Gasteiger partial charge is 0.298 e. The number of benzene rings is 1. The van der Waals surface area contributed by atoms with E-state index in [1.54, 1.807) is 36.5 Å². The third-order valence-corrected chi connectivity index (χ3v) is 6.90. The number of sulfonamides is 1. The third-order valence-electron chi connectivity index (χ3n) is 4.93. The summed E-state index contributed by atoms with van der Waals surface area (Å²) in [5.74, 6) is -0.303. The van der Waals surface area contributed by atoms with Gasteiger partial charge in [0.25, 0.3) is 5.91 Å². The summed E-state index contributed by atoms with van der Waals surface area (Å²) in [6.45, 7) is 4.04. The van der Waals surface area contributed by atoms with Gasteiger partial charge in [0.15, 0.2) is 10.8 Å². The summed E-state index contributed by atoms with van der Waals surface area (Å²) in [5, 5.41) is 10.2. The molecule has 0 aliphatic rings. The van der Waals surface area contributed by atoms with Crippen molar-refractivity contribution in [3.63, 3.8) is 0 Å². The van der Waals surface area contributed by atoms with Gasteiger partial charge in [-0.05, 0) is 32.0 Å². The molecule has 0 aliphatic carbocycles. The summed E-state index contributed by atoms with van der Waals surface area (Å²) < 4.78 is 26.4. The van der Waals surface area contributed by atoms with Crippen LogP contribution in [0.15, 0.2) is 48.1 Å². The van der Waals surface area contributed by atoms with Crippen LogP contribution in [-0.4, -0.2) is 47.4 Å². The molecule has 1 aromatic carbocycles. The number of pyridine rings is 1. The molecule has 1 amide bonds. The fourth-order valence-corrected chi connectivity index (χ4v) is 4.33. The molecule has 4 rings (SSSR count). The number of carbonyl (C=O) groups is 1. The highest BCUT2D eigenvalue weighted by Gasteiger charge is 2.15. The van der Waals surface area contributed by atoms with Gasteiger partial charge in [-0.3, -0.25) is 14.4 Å². The van der Waals surface area contributed by atoms with E-state index in [2.05, 4.69) is 20.4 Å². The smallest absolute Gasteiger partial charge is 0.259 e. The van der Waals surface area contributed by atoms with Gasteiger partial charge in [0.2, 0.25) is 10.0 Å². The van der Waals surface area contributed by atoms with Gasteiger partial charge in [-0.1, -0.05) is 12.1 Å². The molecule has 3 heterocycles. The normalized spacial score (nSPS) is 11.8. The Balaban J connectivity index is 1.49. The number of hydrogen-bond acceptors (Lipinski definition) is 7. The number of nitrogens with one attached hydrogen (secondary N) is 1. The summed E-state index contributed by atoms with van der Waals surface area (Å²) in [7, 11) is -1.82. The summed E-state index contributed by atoms with van der Waals surface area (Å²) >= 11 is 1.31. The van der Waals surface area contributed by atoms with Crippen LogP contribution in [0.2, 0.25) is 0 Å². The molecule has 0 fully saturated rings. The minimum absolute atomic E-state index is 0.175. The van der Waals surface area contributed by atoms with Crippen LogP contribution in [0.5, 0.6) is 0 Å². The van der Waals surface area contributed by atoms with E-state index in [1.807, 2.05) is 23.9 Å². The van der Waals surface area contributed by atoms with Gasteiger partial charge in [0.05, 0.1) is 29.4 Å². The first-order chi connectivity index (χ1) is 15.1. The first-order valence-electron chi connectivity index (χ1n) is 9.78. The number of rotatable bonds is 6. The topological polar surface area (TPSA) is 110 Å². The van der Waals surface area contributed by atoms with Crippen LogP contribution in [-0.2, 0) is 10.0 Å². The summed E-state index contributed by atoms with van der Waals surface area (Å²) in [5.41, 5.74) is 3.22. The zero-order valence-corrected chi connectivity index (χ0v) is 19.6. The molecule has 0 spiro atoms. The molecule has 0 atom stereocenters. The standard InChI is InChI=1S/C21H22N6O3S2/c1-13(2)27-19-15(11-23-27)9-16(10-22-19)20(28)25-21-24-18(12-31-21)14-5-7-17(8-6-14)26(3)32(4,29)30/h5-13H,1-4H3,(H,24,25,28). The van der Waals surface area contributed by atoms with E-state index in [9.17, 15) is 13.2 Å². The fourth-order valence-electron chi connectivity index (χ4n) is 3.11. The zero-order chi connectivity index (χ0) is 23.0. The van der Waals surface area contributed by atoms with Crippen molar-refractivity contribution in [3.05, 3.63) is 53.7 Å². The molecule has 0 unspecified atom stereocenters. The van der Waals surface area contributed by atoms with Crippen molar-refractivity contribution in [3.8, 4) is 11.3 Å². The second kappa shape index (κ2) is 8.32. The zero-order valence-electron chi connectivity index (χ0n) is 18.0. The molecule has 11 heteroatoms. The Bertz CT molecular complexity index is 1390. The maximum Gasteiger partial charge on any atom is 0.259 e. The van der Waals surface area contributed by atoms with Crippen molar-refractivity contribution < 1.29 is 13.2 Å². The average Bonchev–Trinajstić information content (AvgIpc) is 3.39. The highest BCUT2D eigenvalue weighted by molar-refractivity contribution is 7.92. The average molecular weight is 471 g/mol. The Morgan fingerprint density at radius 1 is 1.19 bits per heavy atom. The summed E-state index contributed by atoms with van der Waals surface area (Å²) in [6, 6.07) is 8.95. The molecule has 0 saturated heterocycles. The Hall–Kier alpha value is -3.31. The first-order valence-corrected chi connectivity index (χ1v) is 12.5. The molecule has 166 valence electrons. The highest BCUT2D eigenvalue weighted by Crippen LogP contribution is 2.27. The molecule has 9 nitrogen and oxygen atoms in total. The summed E-state index contributed by atoms with van der Waals surface area (Å²) in [4.78, 5) is 21.6. The van der Waals surface area contributed by atoms with Gasteiger partial charge >= 0.3 is 0 Å². The Morgan fingerprint density at radius 3 is 2.56 bits per heavy atom. The number of nitrogens with zero attached hydrogens (tertiary/aromatic N) is 5. The second-order valence-electron chi connectivity index (χ2n) is 7.59. The lowest BCUT2D eigenvalue weighted by Crippen LogP contribution is -2.24. The quantitative estimate of drug-likeness (QED) is 0.459. The molecular formula is C21H22N6O3S2. The van der Waals surface area contributed by atoms with Gasteiger partial charge < -0.3 is 0 Å². The van der Waals surface area contributed by atoms with Crippen LogP contribution in [0.25, 0.3) is 22.3 Å². The number of aromatic nitrogens is 4. The van der Waals surface area contributed by atoms with Crippen molar-refractivity contribution in [1.29, 1.82) is 0 Å². The van der Waals surface area contributed by atoms with Gasteiger partial charge in [0.1, 0.15) is 0 Å². The molecule has 0 bridgehead atoms. The summed E-state index contributed by atoms with van der Waals surface area (Å²) in [6.07, 6.45) is 4.38. The third kappa shape index (κ3) is 4.34. The van der Waals surface area contributed by atoms with E-state index < -0.39 is 10.0 Å². The molecule has 1 N–H and O–H groups in total. The van der Waals surface area contributed by atoms with E-state index in [-0.39, 0.29) is 11.9 Å². The molecule has 0 aliphatic heterocycles. The maximum atomic E-state index is 12.7.